The van der Waals surface area contributed by atoms with Gasteiger partial charge in [-0.3, -0.25) is 0 Å². The molecule has 2 N–H and O–H groups in total. The fraction of sp³-hybridized carbons (Fsp3) is 0.625. The van der Waals surface area contributed by atoms with Crippen LogP contribution in [0.25, 0.3) is 0 Å². The molecular weight excluding hydrogens is 236 g/mol. The van der Waals surface area contributed by atoms with E-state index in [2.05, 4.69) is 57.4 Å². The lowest BCUT2D eigenvalue weighted by atomic mass is 10.1. The van der Waals surface area contributed by atoms with Gasteiger partial charge in [0.15, 0.2) is 0 Å². The van der Waals surface area contributed by atoms with Crippen molar-refractivity contribution in [2.24, 2.45) is 0 Å². The lowest BCUT2D eigenvalue weighted by Crippen LogP contribution is -2.42. The van der Waals surface area contributed by atoms with Crippen LogP contribution >= 0.6 is 0 Å². The number of rotatable bonds is 7. The van der Waals surface area contributed by atoms with Gasteiger partial charge in [-0.25, -0.2) is 0 Å². The first-order valence-electron chi connectivity index (χ1n) is 7.05. The largest absolute Gasteiger partial charge is 0.492 e. The Morgan fingerprint density at radius 3 is 2.32 bits per heavy atom. The molecule has 0 radical (unpaired) electrons. The molecule has 0 aliphatic carbocycles. The third kappa shape index (κ3) is 7.85. The zero-order chi connectivity index (χ0) is 14.3. The predicted octanol–water partition coefficient (Wildman–Crippen LogP) is 2.74. The van der Waals surface area contributed by atoms with Gasteiger partial charge >= 0.3 is 0 Å². The van der Waals surface area contributed by atoms with Gasteiger partial charge in [0.25, 0.3) is 0 Å². The Hall–Kier alpha value is -1.06. The Balaban J connectivity index is 2.14. The molecule has 0 bridgehead atoms. The van der Waals surface area contributed by atoms with E-state index < -0.39 is 0 Å². The van der Waals surface area contributed by atoms with E-state index in [1.807, 2.05) is 12.1 Å². The summed E-state index contributed by atoms with van der Waals surface area (Å²) in [6.45, 7) is 13.4. The number of hydrogen-bond acceptors (Lipinski definition) is 3. The fourth-order valence-electron chi connectivity index (χ4n) is 1.67. The average Bonchev–Trinajstić information content (AvgIpc) is 2.33. The van der Waals surface area contributed by atoms with Gasteiger partial charge in [-0.05, 0) is 46.8 Å². The number of nitrogens with one attached hydrogen (secondary N) is 2. The van der Waals surface area contributed by atoms with Crippen LogP contribution in [0.4, 0.5) is 0 Å². The van der Waals surface area contributed by atoms with E-state index in [0.717, 1.165) is 18.8 Å². The van der Waals surface area contributed by atoms with Crippen LogP contribution in [0, 0.1) is 6.92 Å². The third-order valence-electron chi connectivity index (χ3n) is 2.79. The van der Waals surface area contributed by atoms with Crippen molar-refractivity contribution < 1.29 is 4.74 Å². The first kappa shape index (κ1) is 16.0. The number of benzene rings is 1. The molecule has 1 atom stereocenters. The Bertz CT molecular complexity index is 354. The summed E-state index contributed by atoms with van der Waals surface area (Å²) in [5.41, 5.74) is 1.44. The van der Waals surface area contributed by atoms with Crippen molar-refractivity contribution in [1.29, 1.82) is 0 Å². The number of aryl methyl sites for hydroxylation is 1. The maximum atomic E-state index is 5.74. The summed E-state index contributed by atoms with van der Waals surface area (Å²) in [7, 11) is 0. The summed E-state index contributed by atoms with van der Waals surface area (Å²) >= 11 is 0. The van der Waals surface area contributed by atoms with E-state index in [9.17, 15) is 0 Å². The average molecular weight is 264 g/mol. The second-order valence-corrected chi connectivity index (χ2v) is 6.16. The van der Waals surface area contributed by atoms with Gasteiger partial charge in [-0.1, -0.05) is 17.7 Å². The Morgan fingerprint density at radius 2 is 1.74 bits per heavy atom. The van der Waals surface area contributed by atoms with E-state index in [0.29, 0.717) is 12.6 Å². The molecule has 0 fully saturated rings. The normalized spacial score (nSPS) is 13.3. The molecule has 0 saturated carbocycles. The van der Waals surface area contributed by atoms with Crippen LogP contribution in [-0.4, -0.2) is 31.3 Å². The van der Waals surface area contributed by atoms with Crippen molar-refractivity contribution in [3.8, 4) is 5.75 Å². The monoisotopic (exact) mass is 264 g/mol. The maximum absolute atomic E-state index is 5.74. The minimum absolute atomic E-state index is 0.184. The lowest BCUT2D eigenvalue weighted by Gasteiger charge is -2.21. The van der Waals surface area contributed by atoms with E-state index in [1.165, 1.54) is 5.56 Å². The second-order valence-electron chi connectivity index (χ2n) is 6.16. The van der Waals surface area contributed by atoms with E-state index >= 15 is 0 Å². The molecule has 1 aromatic rings. The summed E-state index contributed by atoms with van der Waals surface area (Å²) in [4.78, 5) is 0. The van der Waals surface area contributed by atoms with Crippen LogP contribution in [0.1, 0.15) is 33.3 Å². The van der Waals surface area contributed by atoms with Gasteiger partial charge in [0.1, 0.15) is 12.4 Å². The summed E-state index contributed by atoms with van der Waals surface area (Å²) in [5, 5.41) is 6.90. The van der Waals surface area contributed by atoms with Gasteiger partial charge in [0.2, 0.25) is 0 Å². The first-order valence-corrected chi connectivity index (χ1v) is 7.05. The van der Waals surface area contributed by atoms with Crippen molar-refractivity contribution in [2.75, 3.05) is 19.7 Å². The van der Waals surface area contributed by atoms with Crippen LogP contribution in [0.15, 0.2) is 24.3 Å². The van der Waals surface area contributed by atoms with Gasteiger partial charge < -0.3 is 15.4 Å². The molecule has 3 heteroatoms. The zero-order valence-corrected chi connectivity index (χ0v) is 12.9. The molecule has 0 amide bonds. The Labute approximate surface area is 117 Å². The molecule has 1 rings (SSSR count). The van der Waals surface area contributed by atoms with E-state index in [-0.39, 0.29) is 5.54 Å². The van der Waals surface area contributed by atoms with Gasteiger partial charge in [-0.2, -0.15) is 0 Å². The zero-order valence-electron chi connectivity index (χ0n) is 12.9. The minimum Gasteiger partial charge on any atom is -0.492 e. The summed E-state index contributed by atoms with van der Waals surface area (Å²) in [6, 6.07) is 8.52. The van der Waals surface area contributed by atoms with Crippen molar-refractivity contribution in [3.63, 3.8) is 0 Å². The molecule has 0 saturated heterocycles. The topological polar surface area (TPSA) is 33.3 Å². The van der Waals surface area contributed by atoms with Crippen LogP contribution in [-0.2, 0) is 0 Å². The molecule has 108 valence electrons. The summed E-state index contributed by atoms with van der Waals surface area (Å²) in [6.07, 6.45) is 0. The molecule has 19 heavy (non-hydrogen) atoms. The highest BCUT2D eigenvalue weighted by Crippen LogP contribution is 2.11. The highest BCUT2D eigenvalue weighted by atomic mass is 16.5. The Kier molecular flexibility index (Phi) is 6.32. The third-order valence-corrected chi connectivity index (χ3v) is 2.79. The summed E-state index contributed by atoms with van der Waals surface area (Å²) in [5.74, 6) is 0.937. The molecule has 0 heterocycles. The van der Waals surface area contributed by atoms with Crippen LogP contribution in [0.2, 0.25) is 0 Å². The molecule has 1 aromatic carbocycles. The van der Waals surface area contributed by atoms with E-state index in [4.69, 9.17) is 4.74 Å². The SMILES string of the molecule is Cc1ccc(OCC(C)NCCNC(C)(C)C)cc1. The van der Waals surface area contributed by atoms with Gasteiger partial charge in [0.05, 0.1) is 0 Å². The predicted molar refractivity (Wildman–Crippen MR) is 81.9 cm³/mol. The second kappa shape index (κ2) is 7.51. The molecule has 0 aliphatic rings. The van der Waals surface area contributed by atoms with Crippen molar-refractivity contribution in [2.45, 2.75) is 46.2 Å². The molecule has 0 aromatic heterocycles. The number of hydrogen-bond donors (Lipinski definition) is 2. The lowest BCUT2D eigenvalue weighted by molar-refractivity contribution is 0.272. The van der Waals surface area contributed by atoms with Crippen molar-refractivity contribution >= 4 is 0 Å². The van der Waals surface area contributed by atoms with Crippen molar-refractivity contribution in [3.05, 3.63) is 29.8 Å². The first-order chi connectivity index (χ1) is 8.87. The van der Waals surface area contributed by atoms with E-state index in [1.54, 1.807) is 0 Å². The van der Waals surface area contributed by atoms with Gasteiger partial charge in [-0.15, -0.1) is 0 Å². The van der Waals surface area contributed by atoms with Crippen LogP contribution in [0.5, 0.6) is 5.75 Å². The van der Waals surface area contributed by atoms with Crippen LogP contribution in [0.3, 0.4) is 0 Å². The minimum atomic E-state index is 0.184. The van der Waals surface area contributed by atoms with Crippen LogP contribution < -0.4 is 15.4 Å². The fourth-order valence-corrected chi connectivity index (χ4v) is 1.67. The number of ether oxygens (including phenoxy) is 1. The van der Waals surface area contributed by atoms with Gasteiger partial charge in [0, 0.05) is 24.7 Å². The molecule has 0 aliphatic heterocycles. The Morgan fingerprint density at radius 1 is 1.11 bits per heavy atom. The molecular formula is C16H28N2O. The molecule has 3 nitrogen and oxygen atoms in total. The highest BCUT2D eigenvalue weighted by molar-refractivity contribution is 5.26. The summed E-state index contributed by atoms with van der Waals surface area (Å²) < 4.78 is 5.74. The van der Waals surface area contributed by atoms with Crippen molar-refractivity contribution in [1.82, 2.24) is 10.6 Å². The standard InChI is InChI=1S/C16H28N2O/c1-13-6-8-15(9-7-13)19-12-14(2)17-10-11-18-16(3,4)5/h6-9,14,17-18H,10-12H2,1-5H3. The highest BCUT2D eigenvalue weighted by Gasteiger charge is 2.08. The molecule has 0 spiro atoms. The smallest absolute Gasteiger partial charge is 0.119 e. The maximum Gasteiger partial charge on any atom is 0.119 e. The quantitative estimate of drug-likeness (QED) is 0.743. The molecule has 1 unspecified atom stereocenters.